The van der Waals surface area contributed by atoms with Crippen LogP contribution in [0, 0.1) is 5.92 Å². The quantitative estimate of drug-likeness (QED) is 0.530. The summed E-state index contributed by atoms with van der Waals surface area (Å²) in [4.78, 5) is 11.7. The van der Waals surface area contributed by atoms with Crippen LogP contribution in [0.4, 0.5) is 0 Å². The first-order valence-corrected chi connectivity index (χ1v) is 8.92. The topological polar surface area (TPSA) is 26.3 Å². The molecule has 2 atom stereocenters. The molecule has 0 saturated heterocycles. The van der Waals surface area contributed by atoms with E-state index in [4.69, 9.17) is 4.43 Å². The Morgan fingerprint density at radius 3 is 2.80 bits per heavy atom. The molecule has 2 aliphatic rings. The van der Waals surface area contributed by atoms with E-state index in [0.717, 1.165) is 12.8 Å². The first-order valence-electron chi connectivity index (χ1n) is 5.51. The molecular formula is C12H18O2Si. The molecule has 0 aromatic heterocycles. The summed E-state index contributed by atoms with van der Waals surface area (Å²) < 4.78 is 6.24. The van der Waals surface area contributed by atoms with Gasteiger partial charge in [-0.2, -0.15) is 0 Å². The van der Waals surface area contributed by atoms with Gasteiger partial charge in [-0.3, -0.25) is 4.79 Å². The summed E-state index contributed by atoms with van der Waals surface area (Å²) in [7, 11) is -1.61. The summed E-state index contributed by atoms with van der Waals surface area (Å²) in [5.41, 5.74) is -0.309. The van der Waals surface area contributed by atoms with E-state index < -0.39 is 8.32 Å². The van der Waals surface area contributed by atoms with Crippen molar-refractivity contribution in [3.05, 3.63) is 24.3 Å². The Balaban J connectivity index is 2.28. The summed E-state index contributed by atoms with van der Waals surface area (Å²) >= 11 is 0. The molecule has 15 heavy (non-hydrogen) atoms. The standard InChI is InChI=1S/C12H18O2Si/c1-15(2,3)14-12-8-5-4-6-10(12)11(13)7-9-12/h4-5,7,9-10H,6,8H2,1-3H3/t10-,12?/m0/s1. The lowest BCUT2D eigenvalue weighted by atomic mass is 9.81. The zero-order valence-electron chi connectivity index (χ0n) is 9.62. The van der Waals surface area contributed by atoms with Gasteiger partial charge in [-0.05, 0) is 44.6 Å². The van der Waals surface area contributed by atoms with Gasteiger partial charge in [0.1, 0.15) is 0 Å². The first-order chi connectivity index (χ1) is 6.93. The normalized spacial score (nSPS) is 34.6. The van der Waals surface area contributed by atoms with Crippen molar-refractivity contribution in [1.29, 1.82) is 0 Å². The molecule has 0 aliphatic heterocycles. The molecule has 0 aromatic carbocycles. The largest absolute Gasteiger partial charge is 0.408 e. The fraction of sp³-hybridized carbons (Fsp3) is 0.583. The van der Waals surface area contributed by atoms with E-state index in [9.17, 15) is 4.79 Å². The van der Waals surface area contributed by atoms with Crippen LogP contribution in [-0.2, 0) is 9.22 Å². The van der Waals surface area contributed by atoms with E-state index in [2.05, 4.69) is 31.8 Å². The third-order valence-corrected chi connectivity index (χ3v) is 3.93. The maximum Gasteiger partial charge on any atom is 0.184 e. The molecule has 0 heterocycles. The Hall–Kier alpha value is -0.673. The van der Waals surface area contributed by atoms with Crippen LogP contribution in [0.3, 0.4) is 0 Å². The van der Waals surface area contributed by atoms with Crippen LogP contribution in [0.15, 0.2) is 24.3 Å². The number of ketones is 1. The monoisotopic (exact) mass is 222 g/mol. The van der Waals surface area contributed by atoms with Crippen molar-refractivity contribution in [2.24, 2.45) is 5.92 Å². The summed E-state index contributed by atoms with van der Waals surface area (Å²) in [6.07, 6.45) is 9.61. The first kappa shape index (κ1) is 10.8. The number of hydrogen-bond acceptors (Lipinski definition) is 2. The molecule has 2 aliphatic carbocycles. The third kappa shape index (κ3) is 1.99. The predicted molar refractivity (Wildman–Crippen MR) is 63.2 cm³/mol. The highest BCUT2D eigenvalue weighted by Gasteiger charge is 2.47. The van der Waals surface area contributed by atoms with Gasteiger partial charge in [0.25, 0.3) is 0 Å². The van der Waals surface area contributed by atoms with Crippen LogP contribution in [0.25, 0.3) is 0 Å². The molecule has 2 nitrogen and oxygen atoms in total. The van der Waals surface area contributed by atoms with E-state index in [-0.39, 0.29) is 17.3 Å². The highest BCUT2D eigenvalue weighted by Crippen LogP contribution is 2.41. The van der Waals surface area contributed by atoms with Crippen LogP contribution >= 0.6 is 0 Å². The molecule has 0 amide bonds. The molecule has 0 radical (unpaired) electrons. The molecule has 0 bridgehead atoms. The predicted octanol–water partition coefficient (Wildman–Crippen LogP) is 2.68. The number of carbonyl (C=O) groups excluding carboxylic acids is 1. The molecule has 3 heteroatoms. The molecule has 0 saturated carbocycles. The average Bonchev–Trinajstić information content (AvgIpc) is 2.42. The maximum absolute atomic E-state index is 11.7. The van der Waals surface area contributed by atoms with E-state index >= 15 is 0 Å². The Morgan fingerprint density at radius 1 is 1.40 bits per heavy atom. The second-order valence-electron chi connectivity index (χ2n) is 5.37. The zero-order valence-corrected chi connectivity index (χ0v) is 10.6. The Kier molecular flexibility index (Phi) is 2.47. The molecule has 0 N–H and O–H groups in total. The fourth-order valence-corrected chi connectivity index (χ4v) is 3.87. The number of hydrogen-bond donors (Lipinski definition) is 0. The molecule has 1 unspecified atom stereocenters. The zero-order chi connectivity index (χ0) is 11.1. The van der Waals surface area contributed by atoms with Gasteiger partial charge in [0.2, 0.25) is 0 Å². The SMILES string of the molecule is C[Si](C)(C)OC12C=CC(=O)[C@@H]1CC=CC2. The molecule has 82 valence electrons. The summed E-state index contributed by atoms with van der Waals surface area (Å²) in [5.74, 6) is 0.270. The lowest BCUT2D eigenvalue weighted by Gasteiger charge is -2.40. The van der Waals surface area contributed by atoms with Crippen LogP contribution in [0.1, 0.15) is 12.8 Å². The van der Waals surface area contributed by atoms with Crippen molar-refractivity contribution in [1.82, 2.24) is 0 Å². The van der Waals surface area contributed by atoms with Gasteiger partial charge in [0, 0.05) is 0 Å². The Bertz CT molecular complexity index is 338. The summed E-state index contributed by atoms with van der Waals surface area (Å²) in [6, 6.07) is 0. The van der Waals surface area contributed by atoms with Gasteiger partial charge in [-0.15, -0.1) is 0 Å². The second kappa shape index (κ2) is 3.42. The minimum atomic E-state index is -1.61. The highest BCUT2D eigenvalue weighted by atomic mass is 28.4. The minimum Gasteiger partial charge on any atom is -0.408 e. The van der Waals surface area contributed by atoms with Crippen LogP contribution < -0.4 is 0 Å². The van der Waals surface area contributed by atoms with E-state index in [1.54, 1.807) is 6.08 Å². The Morgan fingerprint density at radius 2 is 2.13 bits per heavy atom. The van der Waals surface area contributed by atoms with Gasteiger partial charge < -0.3 is 4.43 Å². The number of rotatable bonds is 2. The fourth-order valence-electron chi connectivity index (χ4n) is 2.44. The van der Waals surface area contributed by atoms with Crippen LogP contribution in [0.2, 0.25) is 19.6 Å². The molecule has 2 rings (SSSR count). The highest BCUT2D eigenvalue weighted by molar-refractivity contribution is 6.69. The van der Waals surface area contributed by atoms with Crippen LogP contribution in [-0.4, -0.2) is 19.7 Å². The van der Waals surface area contributed by atoms with Crippen molar-refractivity contribution in [3.63, 3.8) is 0 Å². The van der Waals surface area contributed by atoms with Crippen molar-refractivity contribution in [2.45, 2.75) is 38.1 Å². The average molecular weight is 222 g/mol. The van der Waals surface area contributed by atoms with Gasteiger partial charge in [-0.1, -0.05) is 12.2 Å². The van der Waals surface area contributed by atoms with Crippen molar-refractivity contribution in [2.75, 3.05) is 0 Å². The smallest absolute Gasteiger partial charge is 0.184 e. The third-order valence-electron chi connectivity index (χ3n) is 2.93. The van der Waals surface area contributed by atoms with Crippen molar-refractivity contribution >= 4 is 14.1 Å². The second-order valence-corrected chi connectivity index (χ2v) is 9.80. The van der Waals surface area contributed by atoms with E-state index in [1.165, 1.54) is 0 Å². The summed E-state index contributed by atoms with van der Waals surface area (Å²) in [5, 5.41) is 0. The number of fused-ring (bicyclic) bond motifs is 1. The molecule has 0 spiro atoms. The molecule has 0 fully saturated rings. The van der Waals surface area contributed by atoms with Crippen LogP contribution in [0.5, 0.6) is 0 Å². The maximum atomic E-state index is 11.7. The number of allylic oxidation sites excluding steroid dienone is 2. The van der Waals surface area contributed by atoms with Gasteiger partial charge in [0.05, 0.1) is 11.5 Å². The number of carbonyl (C=O) groups is 1. The van der Waals surface area contributed by atoms with Crippen molar-refractivity contribution in [3.8, 4) is 0 Å². The lowest BCUT2D eigenvalue weighted by molar-refractivity contribution is -0.121. The minimum absolute atomic E-state index is 0.0363. The van der Waals surface area contributed by atoms with Gasteiger partial charge in [-0.25, -0.2) is 0 Å². The van der Waals surface area contributed by atoms with Crippen molar-refractivity contribution < 1.29 is 9.22 Å². The molecular weight excluding hydrogens is 204 g/mol. The summed E-state index contributed by atoms with van der Waals surface area (Å²) in [6.45, 7) is 6.52. The van der Waals surface area contributed by atoms with Gasteiger partial charge in [0.15, 0.2) is 14.1 Å². The van der Waals surface area contributed by atoms with E-state index in [0.29, 0.717) is 0 Å². The van der Waals surface area contributed by atoms with Gasteiger partial charge >= 0.3 is 0 Å². The van der Waals surface area contributed by atoms with E-state index in [1.807, 2.05) is 6.08 Å². The lowest BCUT2D eigenvalue weighted by Crippen LogP contribution is -2.47. The Labute approximate surface area is 92.1 Å². The molecule has 0 aromatic rings.